The number of allylic oxidation sites excluding steroid dienone is 1. The van der Waals surface area contributed by atoms with Gasteiger partial charge in [0.2, 0.25) is 5.75 Å². The second kappa shape index (κ2) is 8.94. The summed E-state index contributed by atoms with van der Waals surface area (Å²) in [5.41, 5.74) is 1.47. The fourth-order valence-electron chi connectivity index (χ4n) is 4.50. The minimum atomic E-state index is -0.807. The standard InChI is InChI=1S/C25H25FN4O5/c26-18-5-4-15(11-19-17-12-20(31)22(32)23(33)21(17)24(34)28-27-19)10-16(18)25(35)30-8-6-29(7-9-30)13-14-2-1-3-14/h4-5,10,12-13,31-33H,1-3,6-9,11H2,(H,28,34). The smallest absolute Gasteiger partial charge is 0.275 e. The lowest BCUT2D eigenvalue weighted by Gasteiger charge is -2.35. The normalized spacial score (nSPS) is 15.9. The minimum absolute atomic E-state index is 0.0506. The number of fused-ring (bicyclic) bond motifs is 1. The number of benzene rings is 2. The quantitative estimate of drug-likeness (QED) is 0.422. The minimum Gasteiger partial charge on any atom is -0.504 e. The van der Waals surface area contributed by atoms with Gasteiger partial charge >= 0.3 is 0 Å². The van der Waals surface area contributed by atoms with Gasteiger partial charge in [-0.1, -0.05) is 11.6 Å². The number of nitrogens with one attached hydrogen (secondary N) is 1. The Morgan fingerprint density at radius 2 is 1.83 bits per heavy atom. The van der Waals surface area contributed by atoms with E-state index in [4.69, 9.17) is 0 Å². The first-order valence-electron chi connectivity index (χ1n) is 11.5. The molecule has 35 heavy (non-hydrogen) atoms. The first-order chi connectivity index (χ1) is 16.8. The lowest BCUT2D eigenvalue weighted by molar-refractivity contribution is 0.0673. The van der Waals surface area contributed by atoms with Gasteiger partial charge in [-0.25, -0.2) is 9.49 Å². The average Bonchev–Trinajstić information content (AvgIpc) is 2.82. The molecule has 2 aliphatic rings. The number of carbonyl (C=O) groups excluding carboxylic acids is 1. The van der Waals surface area contributed by atoms with Crippen LogP contribution >= 0.6 is 0 Å². The number of phenolic OH excluding ortho intramolecular Hbond substituents is 3. The summed E-state index contributed by atoms with van der Waals surface area (Å²) in [4.78, 5) is 29.1. The van der Waals surface area contributed by atoms with E-state index < -0.39 is 28.6 Å². The molecule has 0 radical (unpaired) electrons. The molecule has 5 rings (SSSR count). The molecule has 1 saturated heterocycles. The zero-order chi connectivity index (χ0) is 24.7. The molecule has 1 aromatic heterocycles. The molecule has 1 saturated carbocycles. The Morgan fingerprint density at radius 3 is 2.51 bits per heavy atom. The highest BCUT2D eigenvalue weighted by Gasteiger charge is 2.25. The molecule has 3 aromatic rings. The van der Waals surface area contributed by atoms with E-state index in [2.05, 4.69) is 21.3 Å². The van der Waals surface area contributed by atoms with Crippen LogP contribution in [-0.2, 0) is 6.42 Å². The second-order valence-corrected chi connectivity index (χ2v) is 8.97. The van der Waals surface area contributed by atoms with Gasteiger partial charge in [0.15, 0.2) is 11.5 Å². The second-order valence-electron chi connectivity index (χ2n) is 8.97. The molecule has 0 spiro atoms. The van der Waals surface area contributed by atoms with E-state index in [0.717, 1.165) is 18.9 Å². The molecular weight excluding hydrogens is 455 g/mol. The molecule has 182 valence electrons. The van der Waals surface area contributed by atoms with Gasteiger partial charge in [0.1, 0.15) is 5.82 Å². The Kier molecular flexibility index (Phi) is 5.80. The van der Waals surface area contributed by atoms with E-state index in [-0.39, 0.29) is 34.4 Å². The number of aromatic amines is 1. The van der Waals surface area contributed by atoms with Crippen LogP contribution in [0.4, 0.5) is 4.39 Å². The number of nitrogens with zero attached hydrogens (tertiary/aromatic N) is 3. The van der Waals surface area contributed by atoms with Gasteiger partial charge < -0.3 is 25.1 Å². The maximum atomic E-state index is 14.6. The van der Waals surface area contributed by atoms with Crippen molar-refractivity contribution in [3.8, 4) is 17.2 Å². The predicted molar refractivity (Wildman–Crippen MR) is 126 cm³/mol. The molecule has 0 bridgehead atoms. The summed E-state index contributed by atoms with van der Waals surface area (Å²) in [6, 6.07) is 5.32. The van der Waals surface area contributed by atoms with Crippen LogP contribution in [0.25, 0.3) is 10.8 Å². The zero-order valence-electron chi connectivity index (χ0n) is 18.9. The van der Waals surface area contributed by atoms with Crippen molar-refractivity contribution in [3.05, 3.63) is 69.0 Å². The lowest BCUT2D eigenvalue weighted by atomic mass is 9.93. The summed E-state index contributed by atoms with van der Waals surface area (Å²) in [5.74, 6) is -3.19. The maximum Gasteiger partial charge on any atom is 0.275 e. The number of aromatic hydroxyl groups is 3. The fraction of sp³-hybridized carbons (Fsp3) is 0.320. The summed E-state index contributed by atoms with van der Waals surface area (Å²) in [6.45, 7) is 2.40. The molecule has 2 heterocycles. The third-order valence-corrected chi connectivity index (χ3v) is 6.68. The van der Waals surface area contributed by atoms with Gasteiger partial charge in [0.25, 0.3) is 11.5 Å². The highest BCUT2D eigenvalue weighted by molar-refractivity contribution is 5.95. The van der Waals surface area contributed by atoms with E-state index in [0.29, 0.717) is 31.7 Å². The van der Waals surface area contributed by atoms with E-state index in [9.17, 15) is 29.3 Å². The number of rotatable bonds is 4. The molecule has 2 fully saturated rings. The Labute approximate surface area is 199 Å². The third kappa shape index (κ3) is 4.27. The van der Waals surface area contributed by atoms with Gasteiger partial charge in [0, 0.05) is 38.0 Å². The summed E-state index contributed by atoms with van der Waals surface area (Å²) < 4.78 is 14.6. The topological polar surface area (TPSA) is 130 Å². The number of H-pyrrole nitrogens is 1. The average molecular weight is 480 g/mol. The van der Waals surface area contributed by atoms with E-state index in [1.807, 2.05) is 0 Å². The van der Waals surface area contributed by atoms with Crippen molar-refractivity contribution < 1.29 is 24.5 Å². The first kappa shape index (κ1) is 22.7. The molecule has 0 atom stereocenters. The Hall–Kier alpha value is -4.08. The Balaban J connectivity index is 1.38. The van der Waals surface area contributed by atoms with Gasteiger partial charge in [-0.2, -0.15) is 5.10 Å². The Bertz CT molecular complexity index is 1400. The summed E-state index contributed by atoms with van der Waals surface area (Å²) >= 11 is 0. The fourth-order valence-corrected chi connectivity index (χ4v) is 4.50. The Morgan fingerprint density at radius 1 is 1.09 bits per heavy atom. The molecule has 2 aromatic carbocycles. The summed E-state index contributed by atoms with van der Waals surface area (Å²) in [5, 5.41) is 36.0. The number of aromatic nitrogens is 2. The lowest BCUT2D eigenvalue weighted by Crippen LogP contribution is -2.47. The highest BCUT2D eigenvalue weighted by Crippen LogP contribution is 2.40. The van der Waals surface area contributed by atoms with Crippen molar-refractivity contribution in [1.29, 1.82) is 0 Å². The van der Waals surface area contributed by atoms with E-state index in [1.165, 1.54) is 30.2 Å². The van der Waals surface area contributed by atoms with Gasteiger partial charge in [-0.15, -0.1) is 0 Å². The summed E-state index contributed by atoms with van der Waals surface area (Å²) in [7, 11) is 0. The molecular formula is C25H25FN4O5. The van der Waals surface area contributed by atoms with Crippen LogP contribution in [0.2, 0.25) is 0 Å². The number of piperazine rings is 1. The molecule has 0 unspecified atom stereocenters. The van der Waals surface area contributed by atoms with Crippen LogP contribution in [0.15, 0.2) is 40.8 Å². The first-order valence-corrected chi connectivity index (χ1v) is 11.5. The number of hydrogen-bond acceptors (Lipinski definition) is 7. The monoisotopic (exact) mass is 480 g/mol. The van der Waals surface area contributed by atoms with E-state index >= 15 is 0 Å². The van der Waals surface area contributed by atoms with Crippen LogP contribution in [0, 0.1) is 5.82 Å². The number of amides is 1. The molecule has 1 amide bonds. The SMILES string of the molecule is O=C(c1cc(Cc2n[nH]c(=O)c3c(O)c(O)c(O)cc23)ccc1F)N1CCN(C=C2CCC2)CC1. The van der Waals surface area contributed by atoms with Crippen molar-refractivity contribution in [3.63, 3.8) is 0 Å². The van der Waals surface area contributed by atoms with Crippen LogP contribution < -0.4 is 5.56 Å². The van der Waals surface area contributed by atoms with Gasteiger partial charge in [-0.3, -0.25) is 9.59 Å². The van der Waals surface area contributed by atoms with Crippen molar-refractivity contribution in [2.24, 2.45) is 0 Å². The van der Waals surface area contributed by atoms with Crippen LogP contribution in [0.5, 0.6) is 17.2 Å². The van der Waals surface area contributed by atoms with Crippen LogP contribution in [-0.4, -0.2) is 67.4 Å². The number of carbonyl (C=O) groups is 1. The van der Waals surface area contributed by atoms with Crippen LogP contribution in [0.1, 0.15) is 40.9 Å². The van der Waals surface area contributed by atoms with Gasteiger partial charge in [-0.05, 0) is 49.2 Å². The summed E-state index contributed by atoms with van der Waals surface area (Å²) in [6.07, 6.45) is 5.77. The van der Waals surface area contributed by atoms with Crippen molar-refractivity contribution in [1.82, 2.24) is 20.0 Å². The van der Waals surface area contributed by atoms with Crippen molar-refractivity contribution in [2.45, 2.75) is 25.7 Å². The van der Waals surface area contributed by atoms with E-state index in [1.54, 1.807) is 4.90 Å². The highest BCUT2D eigenvalue weighted by atomic mass is 19.1. The third-order valence-electron chi connectivity index (χ3n) is 6.68. The zero-order valence-corrected chi connectivity index (χ0v) is 18.9. The maximum absolute atomic E-state index is 14.6. The number of phenols is 3. The number of halogens is 1. The molecule has 9 nitrogen and oxygen atoms in total. The van der Waals surface area contributed by atoms with Crippen molar-refractivity contribution >= 4 is 16.7 Å². The molecule has 1 aliphatic carbocycles. The van der Waals surface area contributed by atoms with Crippen molar-refractivity contribution in [2.75, 3.05) is 26.2 Å². The molecule has 1 aliphatic heterocycles. The molecule has 4 N–H and O–H groups in total. The largest absolute Gasteiger partial charge is 0.504 e. The molecule has 10 heteroatoms. The van der Waals surface area contributed by atoms with Gasteiger partial charge in [0.05, 0.1) is 16.6 Å². The predicted octanol–water partition coefficient (Wildman–Crippen LogP) is 2.60. The number of hydrogen-bond donors (Lipinski definition) is 4. The van der Waals surface area contributed by atoms with Crippen LogP contribution in [0.3, 0.4) is 0 Å².